The molecule has 0 aromatic rings. The highest BCUT2D eigenvalue weighted by Gasteiger charge is 2.47. The van der Waals surface area contributed by atoms with Crippen LogP contribution in [0.4, 0.5) is 0 Å². The van der Waals surface area contributed by atoms with Crippen LogP contribution in [0.3, 0.4) is 0 Å². The molecular formula is C10H17NO3. The van der Waals surface area contributed by atoms with Gasteiger partial charge in [0.05, 0.1) is 6.61 Å². The molecule has 0 bridgehead atoms. The fourth-order valence-electron chi connectivity index (χ4n) is 3.09. The molecule has 1 aliphatic heterocycles. The standard InChI is InChI=1S/C10H17NO3/c12-5-4-11-6-7-2-1-3-8(7)9(11)10(13)14/h7-9,12H,1-6H2,(H,13,14). The van der Waals surface area contributed by atoms with Gasteiger partial charge in [0.1, 0.15) is 6.04 Å². The second-order valence-electron chi connectivity index (χ2n) is 4.36. The molecule has 4 nitrogen and oxygen atoms in total. The van der Waals surface area contributed by atoms with Gasteiger partial charge < -0.3 is 10.2 Å². The summed E-state index contributed by atoms with van der Waals surface area (Å²) in [4.78, 5) is 13.0. The number of nitrogens with zero attached hydrogens (tertiary/aromatic N) is 1. The number of rotatable bonds is 3. The van der Waals surface area contributed by atoms with E-state index in [4.69, 9.17) is 10.2 Å². The Morgan fingerprint density at radius 1 is 1.43 bits per heavy atom. The molecular weight excluding hydrogens is 182 g/mol. The first kappa shape index (κ1) is 9.93. The normalized spacial score (nSPS) is 37.4. The van der Waals surface area contributed by atoms with Crippen molar-refractivity contribution in [3.63, 3.8) is 0 Å². The number of carboxylic acids is 1. The lowest BCUT2D eigenvalue weighted by Gasteiger charge is -2.22. The minimum Gasteiger partial charge on any atom is -0.480 e. The van der Waals surface area contributed by atoms with Crippen LogP contribution in [0, 0.1) is 11.8 Å². The summed E-state index contributed by atoms with van der Waals surface area (Å²) in [6, 6.07) is -0.338. The Bertz CT molecular complexity index is 231. The van der Waals surface area contributed by atoms with Crippen molar-refractivity contribution in [2.24, 2.45) is 11.8 Å². The maximum Gasteiger partial charge on any atom is 0.321 e. The zero-order valence-electron chi connectivity index (χ0n) is 8.22. The Morgan fingerprint density at radius 2 is 2.21 bits per heavy atom. The molecule has 0 spiro atoms. The van der Waals surface area contributed by atoms with E-state index < -0.39 is 5.97 Å². The van der Waals surface area contributed by atoms with E-state index in [1.807, 2.05) is 4.90 Å². The third-order valence-electron chi connectivity index (χ3n) is 3.63. The van der Waals surface area contributed by atoms with Crippen LogP contribution >= 0.6 is 0 Å². The molecule has 0 radical (unpaired) electrons. The van der Waals surface area contributed by atoms with Gasteiger partial charge in [-0.1, -0.05) is 6.42 Å². The molecule has 0 aromatic carbocycles. The van der Waals surface area contributed by atoms with E-state index in [1.54, 1.807) is 0 Å². The van der Waals surface area contributed by atoms with Gasteiger partial charge in [-0.25, -0.2) is 0 Å². The summed E-state index contributed by atoms with van der Waals surface area (Å²) in [5.74, 6) is 0.176. The van der Waals surface area contributed by atoms with Crippen LogP contribution in [0.1, 0.15) is 19.3 Å². The van der Waals surface area contributed by atoms with Crippen molar-refractivity contribution in [2.45, 2.75) is 25.3 Å². The van der Waals surface area contributed by atoms with E-state index in [2.05, 4.69) is 0 Å². The number of aliphatic carboxylic acids is 1. The Morgan fingerprint density at radius 3 is 2.86 bits per heavy atom. The number of fused-ring (bicyclic) bond motifs is 1. The number of aliphatic hydroxyl groups is 1. The maximum absolute atomic E-state index is 11.1. The molecule has 2 fully saturated rings. The SMILES string of the molecule is O=C(O)C1C2CCCC2CN1CCO. The minimum atomic E-state index is -0.715. The van der Waals surface area contributed by atoms with E-state index in [9.17, 15) is 4.79 Å². The maximum atomic E-state index is 11.1. The zero-order chi connectivity index (χ0) is 10.1. The number of hydrogen-bond donors (Lipinski definition) is 2. The van der Waals surface area contributed by atoms with Gasteiger partial charge in [0, 0.05) is 13.1 Å². The first-order chi connectivity index (χ1) is 6.74. The number of carbonyl (C=O) groups is 1. The van der Waals surface area contributed by atoms with Crippen LogP contribution in [0.5, 0.6) is 0 Å². The van der Waals surface area contributed by atoms with Gasteiger partial charge in [0.25, 0.3) is 0 Å². The van der Waals surface area contributed by atoms with Crippen molar-refractivity contribution >= 4 is 5.97 Å². The molecule has 1 aliphatic carbocycles. The molecule has 1 saturated carbocycles. The third-order valence-corrected chi connectivity index (χ3v) is 3.63. The lowest BCUT2D eigenvalue weighted by molar-refractivity contribution is -0.143. The van der Waals surface area contributed by atoms with E-state index in [1.165, 1.54) is 6.42 Å². The van der Waals surface area contributed by atoms with Gasteiger partial charge >= 0.3 is 5.97 Å². The van der Waals surface area contributed by atoms with Gasteiger partial charge in [-0.15, -0.1) is 0 Å². The highest BCUT2D eigenvalue weighted by Crippen LogP contribution is 2.41. The summed E-state index contributed by atoms with van der Waals surface area (Å²) >= 11 is 0. The average Bonchev–Trinajstić information content (AvgIpc) is 2.62. The smallest absolute Gasteiger partial charge is 0.321 e. The van der Waals surface area contributed by atoms with Gasteiger partial charge in [0.15, 0.2) is 0 Å². The van der Waals surface area contributed by atoms with Crippen LogP contribution in [-0.4, -0.2) is 46.8 Å². The highest BCUT2D eigenvalue weighted by atomic mass is 16.4. The summed E-state index contributed by atoms with van der Waals surface area (Å²) in [7, 11) is 0. The molecule has 4 heteroatoms. The summed E-state index contributed by atoms with van der Waals surface area (Å²) in [5, 5.41) is 18.0. The van der Waals surface area contributed by atoms with Gasteiger partial charge in [-0.05, 0) is 24.7 Å². The number of β-amino-alcohol motifs (C(OH)–C–C–N with tert-alkyl or cyclic N) is 1. The van der Waals surface area contributed by atoms with E-state index in [-0.39, 0.29) is 12.6 Å². The fraction of sp³-hybridized carbons (Fsp3) is 0.900. The van der Waals surface area contributed by atoms with Gasteiger partial charge in [-0.3, -0.25) is 9.69 Å². The Hall–Kier alpha value is -0.610. The first-order valence-corrected chi connectivity index (χ1v) is 5.31. The molecule has 0 aromatic heterocycles. The van der Waals surface area contributed by atoms with Gasteiger partial charge in [-0.2, -0.15) is 0 Å². The van der Waals surface area contributed by atoms with E-state index in [0.29, 0.717) is 18.4 Å². The molecule has 2 rings (SSSR count). The average molecular weight is 199 g/mol. The fourth-order valence-corrected chi connectivity index (χ4v) is 3.09. The predicted octanol–water partition coefficient (Wildman–Crippen LogP) is 0.164. The lowest BCUT2D eigenvalue weighted by atomic mass is 9.94. The number of hydrogen-bond acceptors (Lipinski definition) is 3. The van der Waals surface area contributed by atoms with Crippen molar-refractivity contribution in [3.05, 3.63) is 0 Å². The summed E-state index contributed by atoms with van der Waals surface area (Å²) < 4.78 is 0. The molecule has 80 valence electrons. The Labute approximate surface area is 83.5 Å². The summed E-state index contributed by atoms with van der Waals surface area (Å²) in [5.41, 5.74) is 0. The molecule has 3 atom stereocenters. The molecule has 2 aliphatic rings. The highest BCUT2D eigenvalue weighted by molar-refractivity contribution is 5.74. The number of aliphatic hydroxyl groups excluding tert-OH is 1. The van der Waals surface area contributed by atoms with Crippen LogP contribution in [0.15, 0.2) is 0 Å². The largest absolute Gasteiger partial charge is 0.480 e. The molecule has 2 N–H and O–H groups in total. The first-order valence-electron chi connectivity index (χ1n) is 5.31. The van der Waals surface area contributed by atoms with Crippen molar-refractivity contribution in [1.29, 1.82) is 0 Å². The number of carboxylic acid groups (broad SMARTS) is 1. The topological polar surface area (TPSA) is 60.8 Å². The van der Waals surface area contributed by atoms with Crippen molar-refractivity contribution < 1.29 is 15.0 Å². The predicted molar refractivity (Wildman–Crippen MR) is 50.9 cm³/mol. The monoisotopic (exact) mass is 199 g/mol. The van der Waals surface area contributed by atoms with Crippen LogP contribution < -0.4 is 0 Å². The molecule has 1 saturated heterocycles. The van der Waals surface area contributed by atoms with Crippen LogP contribution in [0.2, 0.25) is 0 Å². The van der Waals surface area contributed by atoms with E-state index in [0.717, 1.165) is 19.4 Å². The zero-order valence-corrected chi connectivity index (χ0v) is 8.22. The van der Waals surface area contributed by atoms with Crippen LogP contribution in [-0.2, 0) is 4.79 Å². The molecule has 0 amide bonds. The third kappa shape index (κ3) is 1.53. The molecule has 14 heavy (non-hydrogen) atoms. The van der Waals surface area contributed by atoms with Crippen molar-refractivity contribution in [3.8, 4) is 0 Å². The summed E-state index contributed by atoms with van der Waals surface area (Å²) in [6.45, 7) is 1.43. The Kier molecular flexibility index (Phi) is 2.74. The lowest BCUT2D eigenvalue weighted by Crippen LogP contribution is -2.40. The summed E-state index contributed by atoms with van der Waals surface area (Å²) in [6.07, 6.45) is 3.38. The van der Waals surface area contributed by atoms with E-state index >= 15 is 0 Å². The van der Waals surface area contributed by atoms with Crippen molar-refractivity contribution in [1.82, 2.24) is 4.90 Å². The van der Waals surface area contributed by atoms with Gasteiger partial charge in [0.2, 0.25) is 0 Å². The quantitative estimate of drug-likeness (QED) is 0.680. The van der Waals surface area contributed by atoms with Crippen LogP contribution in [0.25, 0.3) is 0 Å². The second-order valence-corrected chi connectivity index (χ2v) is 4.36. The van der Waals surface area contributed by atoms with Crippen molar-refractivity contribution in [2.75, 3.05) is 19.7 Å². The molecule has 1 heterocycles. The number of likely N-dealkylation sites (tertiary alicyclic amines) is 1. The second kappa shape index (κ2) is 3.87. The Balaban J connectivity index is 2.09. The minimum absolute atomic E-state index is 0.0587. The molecule has 3 unspecified atom stereocenters.